The first-order chi connectivity index (χ1) is 12.2. The Labute approximate surface area is 150 Å². The number of nitrogens with one attached hydrogen (secondary N) is 1. The van der Waals surface area contributed by atoms with Crippen molar-refractivity contribution < 1.29 is 17.9 Å². The van der Waals surface area contributed by atoms with E-state index in [0.29, 0.717) is 17.0 Å². The number of nitrogens with zero attached hydrogens (tertiary/aromatic N) is 4. The molecule has 0 atom stereocenters. The number of carbonyl (C=O) groups excluding carboxylic acids is 1. The highest BCUT2D eigenvalue weighted by Crippen LogP contribution is 2.24. The smallest absolute Gasteiger partial charge is 0.340 e. The summed E-state index contributed by atoms with van der Waals surface area (Å²) in [5, 5.41) is 3.59. The highest BCUT2D eigenvalue weighted by molar-refractivity contribution is 7.92. The zero-order valence-corrected chi connectivity index (χ0v) is 15.5. The quantitative estimate of drug-likeness (QED) is 0.689. The lowest BCUT2D eigenvalue weighted by Crippen LogP contribution is -2.18. The van der Waals surface area contributed by atoms with E-state index in [0.717, 1.165) is 0 Å². The maximum absolute atomic E-state index is 12.8. The highest BCUT2D eigenvalue weighted by atomic mass is 32.2. The summed E-state index contributed by atoms with van der Waals surface area (Å²) in [4.78, 5) is 20.1. The number of benzene rings is 1. The van der Waals surface area contributed by atoms with Gasteiger partial charge in [-0.3, -0.25) is 4.72 Å². The second kappa shape index (κ2) is 6.37. The molecule has 0 saturated heterocycles. The zero-order valence-electron chi connectivity index (χ0n) is 14.6. The van der Waals surface area contributed by atoms with Crippen molar-refractivity contribution in [3.63, 3.8) is 0 Å². The molecule has 0 bridgehead atoms. The molecule has 0 saturated carbocycles. The van der Waals surface area contributed by atoms with Crippen LogP contribution in [0.4, 0.5) is 5.69 Å². The summed E-state index contributed by atoms with van der Waals surface area (Å²) in [6.45, 7) is 5.23. The molecule has 0 fully saturated rings. The number of methoxy groups -OCH3 is 1. The average molecular weight is 375 g/mol. The number of esters is 1. The summed E-state index contributed by atoms with van der Waals surface area (Å²) in [7, 11) is -2.91. The minimum absolute atomic E-state index is 0.102. The van der Waals surface area contributed by atoms with Crippen LogP contribution in [0.25, 0.3) is 5.78 Å². The molecule has 0 aliphatic rings. The SMILES string of the molecule is COC(=O)c1cccc(C)c1NS(=O)(=O)c1nc2nc(C)cc(C)n2n1. The van der Waals surface area contributed by atoms with Gasteiger partial charge < -0.3 is 4.74 Å². The molecule has 1 N–H and O–H groups in total. The van der Waals surface area contributed by atoms with Gasteiger partial charge in [0.1, 0.15) is 0 Å². The number of hydrogen-bond acceptors (Lipinski definition) is 7. The Balaban J connectivity index is 2.08. The molecule has 0 spiro atoms. The van der Waals surface area contributed by atoms with E-state index in [1.807, 2.05) is 0 Å². The molecule has 0 aliphatic heterocycles. The number of fused-ring (bicyclic) bond motifs is 1. The highest BCUT2D eigenvalue weighted by Gasteiger charge is 2.25. The molecule has 0 radical (unpaired) electrons. The van der Waals surface area contributed by atoms with Crippen molar-refractivity contribution in [3.05, 3.63) is 46.8 Å². The van der Waals surface area contributed by atoms with E-state index in [1.165, 1.54) is 17.7 Å². The van der Waals surface area contributed by atoms with Gasteiger partial charge in [0.05, 0.1) is 18.4 Å². The predicted octanol–water partition coefficient (Wildman–Crippen LogP) is 1.64. The number of carbonyl (C=O) groups is 1. The molecule has 10 heteroatoms. The molecule has 2 aromatic heterocycles. The van der Waals surface area contributed by atoms with Crippen LogP contribution in [-0.2, 0) is 14.8 Å². The molecular weight excluding hydrogens is 358 g/mol. The number of sulfonamides is 1. The normalized spacial score (nSPS) is 11.5. The van der Waals surface area contributed by atoms with Gasteiger partial charge in [0.15, 0.2) is 0 Å². The second-order valence-electron chi connectivity index (χ2n) is 5.74. The van der Waals surface area contributed by atoms with Gasteiger partial charge in [0.2, 0.25) is 0 Å². The second-order valence-corrected chi connectivity index (χ2v) is 7.32. The Morgan fingerprint density at radius 2 is 1.92 bits per heavy atom. The number of rotatable bonds is 4. The van der Waals surface area contributed by atoms with Crippen molar-refractivity contribution in [2.75, 3.05) is 11.8 Å². The Bertz CT molecular complexity index is 1120. The molecule has 136 valence electrons. The molecule has 2 heterocycles. The molecule has 26 heavy (non-hydrogen) atoms. The third-order valence-corrected chi connectivity index (χ3v) is 4.88. The monoisotopic (exact) mass is 375 g/mol. The number of para-hydroxylation sites is 1. The lowest BCUT2D eigenvalue weighted by molar-refractivity contribution is 0.0602. The van der Waals surface area contributed by atoms with Gasteiger partial charge in [-0.25, -0.2) is 14.3 Å². The predicted molar refractivity (Wildman–Crippen MR) is 93.6 cm³/mol. The van der Waals surface area contributed by atoms with Crippen molar-refractivity contribution >= 4 is 27.5 Å². The third-order valence-electron chi connectivity index (χ3n) is 3.75. The number of aryl methyl sites for hydroxylation is 3. The van der Waals surface area contributed by atoms with Crippen LogP contribution >= 0.6 is 0 Å². The molecule has 0 aliphatic carbocycles. The van der Waals surface area contributed by atoms with Crippen LogP contribution in [-0.4, -0.2) is 41.1 Å². The fourth-order valence-corrected chi connectivity index (χ4v) is 3.55. The van der Waals surface area contributed by atoms with Gasteiger partial charge in [-0.05, 0) is 38.5 Å². The van der Waals surface area contributed by atoms with Gasteiger partial charge in [0.25, 0.3) is 21.0 Å². The van der Waals surface area contributed by atoms with Crippen LogP contribution in [0.5, 0.6) is 0 Å². The van der Waals surface area contributed by atoms with Crippen LogP contribution in [0.15, 0.2) is 29.4 Å². The fourth-order valence-electron chi connectivity index (χ4n) is 2.53. The maximum Gasteiger partial charge on any atom is 0.340 e. The largest absolute Gasteiger partial charge is 0.465 e. The van der Waals surface area contributed by atoms with Crippen molar-refractivity contribution in [1.29, 1.82) is 0 Å². The molecule has 9 nitrogen and oxygen atoms in total. The van der Waals surface area contributed by atoms with Gasteiger partial charge in [-0.15, -0.1) is 5.10 Å². The summed E-state index contributed by atoms with van der Waals surface area (Å²) in [6.07, 6.45) is 0. The van der Waals surface area contributed by atoms with E-state index in [9.17, 15) is 13.2 Å². The van der Waals surface area contributed by atoms with E-state index < -0.39 is 21.1 Å². The Morgan fingerprint density at radius 3 is 2.62 bits per heavy atom. The van der Waals surface area contributed by atoms with Crippen molar-refractivity contribution in [3.8, 4) is 0 Å². The summed E-state index contributed by atoms with van der Waals surface area (Å²) in [6, 6.07) is 6.56. The van der Waals surface area contributed by atoms with Crippen LogP contribution in [0, 0.1) is 20.8 Å². The van der Waals surface area contributed by atoms with Gasteiger partial charge in [-0.2, -0.15) is 13.4 Å². The summed E-state index contributed by atoms with van der Waals surface area (Å²) >= 11 is 0. The molecule has 0 unspecified atom stereocenters. The Morgan fingerprint density at radius 1 is 1.19 bits per heavy atom. The molecule has 3 aromatic rings. The molecule has 0 amide bonds. The van der Waals surface area contributed by atoms with Crippen LogP contribution in [0.3, 0.4) is 0 Å². The summed E-state index contributed by atoms with van der Waals surface area (Å²) in [5.41, 5.74) is 2.19. The van der Waals surface area contributed by atoms with Crippen molar-refractivity contribution in [2.24, 2.45) is 0 Å². The standard InChI is InChI=1S/C16H17N5O4S/c1-9-6-5-7-12(14(22)25-4)13(9)20-26(23,24)16-18-15-17-10(2)8-11(3)21(15)19-16/h5-8,20H,1-4H3. The summed E-state index contributed by atoms with van der Waals surface area (Å²) in [5.74, 6) is -0.469. The van der Waals surface area contributed by atoms with Crippen molar-refractivity contribution in [2.45, 2.75) is 25.9 Å². The first-order valence-electron chi connectivity index (χ1n) is 7.64. The molecule has 3 rings (SSSR count). The van der Waals surface area contributed by atoms with Crippen LogP contribution in [0.1, 0.15) is 27.3 Å². The minimum atomic E-state index is -4.13. The topological polar surface area (TPSA) is 116 Å². The van der Waals surface area contributed by atoms with Crippen molar-refractivity contribution in [1.82, 2.24) is 19.6 Å². The van der Waals surface area contributed by atoms with Gasteiger partial charge in [-0.1, -0.05) is 12.1 Å². The van der Waals surface area contributed by atoms with Gasteiger partial charge >= 0.3 is 5.97 Å². The lowest BCUT2D eigenvalue weighted by atomic mass is 10.1. The van der Waals surface area contributed by atoms with Gasteiger partial charge in [0, 0.05) is 11.4 Å². The Hall–Kier alpha value is -3.01. The number of hydrogen-bond donors (Lipinski definition) is 1. The van der Waals surface area contributed by atoms with Crippen LogP contribution < -0.4 is 4.72 Å². The number of anilines is 1. The Kier molecular flexibility index (Phi) is 4.36. The zero-order chi connectivity index (χ0) is 19.1. The minimum Gasteiger partial charge on any atom is -0.465 e. The maximum atomic E-state index is 12.8. The first kappa shape index (κ1) is 17.8. The van der Waals surface area contributed by atoms with E-state index in [1.54, 1.807) is 39.0 Å². The third kappa shape index (κ3) is 3.10. The number of aromatic nitrogens is 4. The average Bonchev–Trinajstić information content (AvgIpc) is 3.01. The van der Waals surface area contributed by atoms with E-state index in [2.05, 4.69) is 19.8 Å². The van der Waals surface area contributed by atoms with E-state index >= 15 is 0 Å². The molecule has 1 aromatic carbocycles. The fraction of sp³-hybridized carbons (Fsp3) is 0.250. The van der Waals surface area contributed by atoms with E-state index in [4.69, 9.17) is 4.74 Å². The van der Waals surface area contributed by atoms with Crippen LogP contribution in [0.2, 0.25) is 0 Å². The molecular formula is C16H17N5O4S. The lowest BCUT2D eigenvalue weighted by Gasteiger charge is -2.12. The number of ether oxygens (including phenoxy) is 1. The summed E-state index contributed by atoms with van der Waals surface area (Å²) < 4.78 is 34.0. The van der Waals surface area contributed by atoms with E-state index in [-0.39, 0.29) is 17.0 Å². The first-order valence-corrected chi connectivity index (χ1v) is 9.13.